The van der Waals surface area contributed by atoms with Crippen LogP contribution in [0.25, 0.3) is 61.2 Å². The summed E-state index contributed by atoms with van der Waals surface area (Å²) in [6, 6.07) is 22.3. The van der Waals surface area contributed by atoms with Crippen molar-refractivity contribution in [2.75, 3.05) is 0 Å². The lowest BCUT2D eigenvalue weighted by atomic mass is 10.1. The normalized spacial score (nSPS) is 11.9. The van der Waals surface area contributed by atoms with Gasteiger partial charge in [0.05, 0.1) is 0 Å². The lowest BCUT2D eigenvalue weighted by Crippen LogP contribution is -1.72. The number of hydrogen-bond acceptors (Lipinski definition) is 5. The molecule has 0 aliphatic rings. The number of nitrogens with zero attached hydrogens (tertiary/aromatic N) is 2. The third-order valence-electron chi connectivity index (χ3n) is 5.64. The first-order valence-corrected chi connectivity index (χ1v) is 12.4. The highest BCUT2D eigenvalue weighted by Gasteiger charge is 2.13. The first-order valence-electron chi connectivity index (χ1n) is 9.96. The summed E-state index contributed by atoms with van der Waals surface area (Å²) in [4.78, 5) is 11.1. The van der Waals surface area contributed by atoms with Crippen molar-refractivity contribution in [1.82, 2.24) is 9.97 Å². The third-order valence-corrected chi connectivity index (χ3v) is 9.05. The summed E-state index contributed by atoms with van der Waals surface area (Å²) in [5, 5.41) is 5.32. The summed E-state index contributed by atoms with van der Waals surface area (Å²) >= 11 is 5.57. The van der Waals surface area contributed by atoms with Crippen LogP contribution in [0.15, 0.2) is 85.5 Å². The van der Waals surface area contributed by atoms with Gasteiger partial charge < -0.3 is 0 Å². The average Bonchev–Trinajstić information content (AvgIpc) is 3.51. The molecule has 2 nitrogen and oxygen atoms in total. The van der Waals surface area contributed by atoms with Crippen LogP contribution in [0.2, 0.25) is 0 Å². The highest BCUT2D eigenvalue weighted by molar-refractivity contribution is 7.27. The van der Waals surface area contributed by atoms with E-state index >= 15 is 0 Å². The average molecular weight is 451 g/mol. The molecule has 0 amide bonds. The predicted octanol–water partition coefficient (Wildman–Crippen LogP) is 8.61. The first-order chi connectivity index (χ1) is 15.3. The molecule has 0 unspecified atom stereocenters. The monoisotopic (exact) mass is 450 g/mol. The zero-order valence-corrected chi connectivity index (χ0v) is 18.7. The second kappa shape index (κ2) is 6.69. The number of hydrogen-bond donors (Lipinski definition) is 0. The second-order valence-corrected chi connectivity index (χ2v) is 10.8. The molecule has 0 N–H and O–H groups in total. The number of benzene rings is 2. The summed E-state index contributed by atoms with van der Waals surface area (Å²) < 4.78 is 5.35. The Morgan fingerprint density at radius 3 is 1.48 bits per heavy atom. The van der Waals surface area contributed by atoms with Crippen LogP contribution in [0.3, 0.4) is 0 Å². The van der Waals surface area contributed by atoms with Crippen molar-refractivity contribution >= 4 is 74.4 Å². The quantitative estimate of drug-likeness (QED) is 0.263. The molecule has 0 saturated heterocycles. The van der Waals surface area contributed by atoms with Gasteiger partial charge in [0.1, 0.15) is 0 Å². The van der Waals surface area contributed by atoms with Gasteiger partial charge in [-0.25, -0.2) is 0 Å². The molecule has 0 aliphatic carbocycles. The summed E-state index contributed by atoms with van der Waals surface area (Å²) in [5.41, 5.74) is 2.36. The van der Waals surface area contributed by atoms with Gasteiger partial charge in [-0.2, -0.15) is 0 Å². The summed E-state index contributed by atoms with van der Waals surface area (Å²) in [6.45, 7) is 0. The van der Waals surface area contributed by atoms with Gasteiger partial charge in [0.2, 0.25) is 0 Å². The van der Waals surface area contributed by atoms with E-state index in [2.05, 4.69) is 58.5 Å². The third kappa shape index (κ3) is 2.82. The fourth-order valence-corrected chi connectivity index (χ4v) is 7.46. The minimum Gasteiger partial charge on any atom is -0.264 e. The van der Waals surface area contributed by atoms with Crippen molar-refractivity contribution in [2.45, 2.75) is 0 Å². The Morgan fingerprint density at radius 1 is 0.516 bits per heavy atom. The summed E-state index contributed by atoms with van der Waals surface area (Å²) in [6.07, 6.45) is 7.53. The van der Waals surface area contributed by atoms with Gasteiger partial charge in [0.15, 0.2) is 0 Å². The van der Waals surface area contributed by atoms with Crippen LogP contribution in [0.5, 0.6) is 0 Å². The minimum absolute atomic E-state index is 1.18. The van der Waals surface area contributed by atoms with Crippen molar-refractivity contribution < 1.29 is 0 Å². The Balaban J connectivity index is 1.42. The smallest absolute Gasteiger partial charge is 0.0370 e. The topological polar surface area (TPSA) is 25.8 Å². The molecule has 146 valence electrons. The maximum Gasteiger partial charge on any atom is 0.0370 e. The highest BCUT2D eigenvalue weighted by atomic mass is 32.1. The van der Waals surface area contributed by atoms with E-state index < -0.39 is 0 Å². The molecule has 0 saturated carbocycles. The molecule has 31 heavy (non-hydrogen) atoms. The van der Waals surface area contributed by atoms with Gasteiger partial charge in [0.25, 0.3) is 0 Å². The maximum atomic E-state index is 4.28. The predicted molar refractivity (Wildman–Crippen MR) is 137 cm³/mol. The zero-order chi connectivity index (χ0) is 20.4. The van der Waals surface area contributed by atoms with Gasteiger partial charge in [-0.05, 0) is 59.3 Å². The fourth-order valence-electron chi connectivity index (χ4n) is 4.14. The number of fused-ring (bicyclic) bond motifs is 5. The lowest BCUT2D eigenvalue weighted by Gasteiger charge is -1.94. The van der Waals surface area contributed by atoms with E-state index in [1.165, 1.54) is 61.2 Å². The number of aromatic nitrogens is 2. The van der Waals surface area contributed by atoms with E-state index in [1.807, 2.05) is 70.9 Å². The Hall–Kier alpha value is -3.12. The van der Waals surface area contributed by atoms with Gasteiger partial charge in [-0.15, -0.1) is 34.0 Å². The molecule has 0 radical (unpaired) electrons. The van der Waals surface area contributed by atoms with Crippen LogP contribution in [-0.4, -0.2) is 9.97 Å². The largest absolute Gasteiger partial charge is 0.264 e. The molecule has 7 aromatic rings. The van der Waals surface area contributed by atoms with Crippen LogP contribution in [0, 0.1) is 0 Å². The molecule has 0 atom stereocenters. The van der Waals surface area contributed by atoms with Crippen LogP contribution in [0.1, 0.15) is 0 Å². The Kier molecular flexibility index (Phi) is 3.79. The van der Waals surface area contributed by atoms with E-state index in [0.29, 0.717) is 0 Å². The molecule has 5 aromatic heterocycles. The van der Waals surface area contributed by atoms with Gasteiger partial charge in [0, 0.05) is 75.2 Å². The number of rotatable bonds is 2. The molecule has 0 fully saturated rings. The molecule has 0 spiro atoms. The SMILES string of the molecule is c1cncc(-c2cc3cc4sc5cc6cc(-c7cccnc7)sc6cc5c4cc3s2)c1. The maximum absolute atomic E-state index is 4.28. The second-order valence-electron chi connectivity index (χ2n) is 7.58. The molecule has 0 aliphatic heterocycles. The van der Waals surface area contributed by atoms with Crippen LogP contribution in [-0.2, 0) is 0 Å². The van der Waals surface area contributed by atoms with E-state index in [4.69, 9.17) is 0 Å². The minimum atomic E-state index is 1.18. The van der Waals surface area contributed by atoms with Crippen molar-refractivity contribution in [3.63, 3.8) is 0 Å². The molecule has 2 aromatic carbocycles. The number of thiophene rings is 3. The summed E-state index contributed by atoms with van der Waals surface area (Å²) in [7, 11) is 0. The van der Waals surface area contributed by atoms with Crippen LogP contribution in [0.4, 0.5) is 0 Å². The van der Waals surface area contributed by atoms with E-state index in [-0.39, 0.29) is 0 Å². The first kappa shape index (κ1) is 17.5. The van der Waals surface area contributed by atoms with Crippen molar-refractivity contribution in [2.24, 2.45) is 0 Å². The zero-order valence-electron chi connectivity index (χ0n) is 16.2. The van der Waals surface area contributed by atoms with Crippen molar-refractivity contribution in [3.8, 4) is 20.9 Å². The Labute approximate surface area is 190 Å². The van der Waals surface area contributed by atoms with E-state index in [9.17, 15) is 0 Å². The molecular weight excluding hydrogens is 437 g/mol. The standard InChI is InChI=1S/C26H14N2S3/c1-3-15(13-27-5-1)21-7-17-9-25-19(11-23(17)29-21)20-12-24-18(10-26(20)31-25)8-22(30-24)16-4-2-6-28-14-16/h1-14H. The van der Waals surface area contributed by atoms with Gasteiger partial charge in [-0.3, -0.25) is 9.97 Å². The lowest BCUT2D eigenvalue weighted by molar-refractivity contribution is 1.33. The number of pyridine rings is 2. The van der Waals surface area contributed by atoms with Gasteiger partial charge >= 0.3 is 0 Å². The molecular formula is C26H14N2S3. The van der Waals surface area contributed by atoms with Crippen LogP contribution >= 0.6 is 34.0 Å². The Morgan fingerprint density at radius 2 is 1.03 bits per heavy atom. The van der Waals surface area contributed by atoms with Gasteiger partial charge in [-0.1, -0.05) is 12.1 Å². The fraction of sp³-hybridized carbons (Fsp3) is 0. The molecule has 5 heterocycles. The van der Waals surface area contributed by atoms with Crippen molar-refractivity contribution in [3.05, 3.63) is 85.5 Å². The Bertz CT molecular complexity index is 1600. The summed E-state index contributed by atoms with van der Waals surface area (Å²) in [5.74, 6) is 0. The van der Waals surface area contributed by atoms with E-state index in [1.54, 1.807) is 0 Å². The molecule has 0 bridgehead atoms. The highest BCUT2D eigenvalue weighted by Crippen LogP contribution is 2.43. The van der Waals surface area contributed by atoms with E-state index in [0.717, 1.165) is 0 Å². The molecule has 7 rings (SSSR count). The van der Waals surface area contributed by atoms with Crippen molar-refractivity contribution in [1.29, 1.82) is 0 Å². The molecule has 5 heteroatoms. The van der Waals surface area contributed by atoms with Crippen LogP contribution < -0.4 is 0 Å².